The molecule has 0 radical (unpaired) electrons. The van der Waals surface area contributed by atoms with E-state index in [1.807, 2.05) is 0 Å². The molecule has 0 nitrogen and oxygen atoms in total. The van der Waals surface area contributed by atoms with E-state index in [-0.39, 0.29) is 0 Å². The van der Waals surface area contributed by atoms with E-state index >= 15 is 0 Å². The van der Waals surface area contributed by atoms with Gasteiger partial charge in [-0.1, -0.05) is 12.5 Å². The normalized spacial score (nSPS) is 58.4. The number of allylic oxidation sites excluding steroid dienone is 1. The lowest BCUT2D eigenvalue weighted by Crippen LogP contribution is -2.31. The summed E-state index contributed by atoms with van der Waals surface area (Å²) >= 11 is 0. The predicted molar refractivity (Wildman–Crippen MR) is 66.9 cm³/mol. The molecule has 2 unspecified atom stereocenters. The second-order valence-electron chi connectivity index (χ2n) is 7.06. The van der Waals surface area contributed by atoms with Gasteiger partial charge in [0.1, 0.15) is 0 Å². The Labute approximate surface area is 99.5 Å². The summed E-state index contributed by atoms with van der Waals surface area (Å²) in [6, 6.07) is 0. The highest BCUT2D eigenvalue weighted by atomic mass is 14.6. The molecule has 0 aromatic heterocycles. The molecule has 7 atom stereocenters. The predicted octanol–water partition coefficient (Wildman–Crippen LogP) is 4.27. The highest BCUT2D eigenvalue weighted by Crippen LogP contribution is 2.62. The summed E-state index contributed by atoms with van der Waals surface area (Å²) in [7, 11) is 0. The molecule has 0 aromatic rings. The summed E-state index contributed by atoms with van der Waals surface area (Å²) in [5.41, 5.74) is 0. The summed E-state index contributed by atoms with van der Waals surface area (Å²) in [6.45, 7) is 4.15. The van der Waals surface area contributed by atoms with Gasteiger partial charge in [-0.3, -0.25) is 0 Å². The van der Waals surface area contributed by atoms with Gasteiger partial charge >= 0.3 is 0 Å². The molecule has 0 aliphatic heterocycles. The first-order valence-electron chi connectivity index (χ1n) is 7.49. The van der Waals surface area contributed by atoms with Gasteiger partial charge in [0.25, 0.3) is 0 Å². The highest BCUT2D eigenvalue weighted by Gasteiger charge is 2.53. The van der Waals surface area contributed by atoms with Crippen molar-refractivity contribution in [2.75, 3.05) is 0 Å². The topological polar surface area (TPSA) is 0 Å². The quantitative estimate of drug-likeness (QED) is 0.605. The molecular formula is C16H24. The van der Waals surface area contributed by atoms with E-state index < -0.39 is 0 Å². The van der Waals surface area contributed by atoms with Gasteiger partial charge in [-0.05, 0) is 80.0 Å². The Balaban J connectivity index is 1.60. The molecule has 0 heterocycles. The third-order valence-corrected chi connectivity index (χ3v) is 6.61. The van der Waals surface area contributed by atoms with E-state index in [1.54, 1.807) is 38.5 Å². The van der Waals surface area contributed by atoms with Gasteiger partial charge < -0.3 is 0 Å². The maximum atomic E-state index is 4.15. The van der Waals surface area contributed by atoms with Crippen molar-refractivity contribution in [2.24, 2.45) is 41.4 Å². The minimum absolute atomic E-state index is 0.906. The first kappa shape index (κ1) is 9.74. The molecular weight excluding hydrogens is 192 g/mol. The van der Waals surface area contributed by atoms with E-state index in [0.717, 1.165) is 41.4 Å². The van der Waals surface area contributed by atoms with Gasteiger partial charge in [0.2, 0.25) is 0 Å². The van der Waals surface area contributed by atoms with Crippen LogP contribution in [0, 0.1) is 41.4 Å². The fraction of sp³-hybridized carbons (Fsp3) is 0.875. The Morgan fingerprint density at radius 2 is 1.62 bits per heavy atom. The van der Waals surface area contributed by atoms with Crippen molar-refractivity contribution in [3.05, 3.63) is 12.7 Å². The maximum absolute atomic E-state index is 4.15. The lowest BCUT2D eigenvalue weighted by Gasteiger charge is -2.37. The molecule has 0 saturated heterocycles. The molecule has 4 aliphatic rings. The van der Waals surface area contributed by atoms with Crippen LogP contribution in [0.2, 0.25) is 0 Å². The standard InChI is InChI=1S/C16H24/c1-2-14-12-5-6-13(9-12)16(14)15-8-10-3-4-11(15)7-10/h2,10-16H,1,3-9H2/t10-,11+,12-,13+,14+,15?,16?/m1/s1. The van der Waals surface area contributed by atoms with Gasteiger partial charge in [-0.25, -0.2) is 0 Å². The highest BCUT2D eigenvalue weighted by molar-refractivity contribution is 5.07. The fourth-order valence-corrected chi connectivity index (χ4v) is 6.13. The largest absolute Gasteiger partial charge is 0.103 e. The monoisotopic (exact) mass is 216 g/mol. The van der Waals surface area contributed by atoms with Crippen molar-refractivity contribution in [2.45, 2.75) is 44.9 Å². The van der Waals surface area contributed by atoms with Crippen LogP contribution in [0.4, 0.5) is 0 Å². The van der Waals surface area contributed by atoms with Gasteiger partial charge in [-0.2, -0.15) is 0 Å². The molecule has 4 aliphatic carbocycles. The van der Waals surface area contributed by atoms with E-state index in [9.17, 15) is 0 Å². The number of hydrogen-bond acceptors (Lipinski definition) is 0. The van der Waals surface area contributed by atoms with E-state index in [4.69, 9.17) is 0 Å². The zero-order valence-corrected chi connectivity index (χ0v) is 10.3. The van der Waals surface area contributed by atoms with Crippen LogP contribution in [0.1, 0.15) is 44.9 Å². The lowest BCUT2D eigenvalue weighted by molar-refractivity contribution is 0.129. The van der Waals surface area contributed by atoms with Gasteiger partial charge in [0, 0.05) is 0 Å². The van der Waals surface area contributed by atoms with Crippen LogP contribution in [0.5, 0.6) is 0 Å². The van der Waals surface area contributed by atoms with Gasteiger partial charge in [0.15, 0.2) is 0 Å². The van der Waals surface area contributed by atoms with Gasteiger partial charge in [-0.15, -0.1) is 6.58 Å². The molecule has 0 heteroatoms. The van der Waals surface area contributed by atoms with Crippen molar-refractivity contribution in [1.29, 1.82) is 0 Å². The first-order chi connectivity index (χ1) is 7.86. The van der Waals surface area contributed by atoms with Crippen molar-refractivity contribution in [3.8, 4) is 0 Å². The molecule has 0 amide bonds. The molecule has 4 saturated carbocycles. The summed E-state index contributed by atoms with van der Waals surface area (Å²) < 4.78 is 0. The molecule has 0 N–H and O–H groups in total. The SMILES string of the molecule is C=C[C@@H]1C(C2C[C@@H]3CC[C@H]2C3)[C@H]2CC[C@@H]1C2. The number of rotatable bonds is 2. The zero-order chi connectivity index (χ0) is 10.7. The zero-order valence-electron chi connectivity index (χ0n) is 10.3. The lowest BCUT2D eigenvalue weighted by atomic mass is 9.67. The second kappa shape index (κ2) is 3.37. The molecule has 88 valence electrons. The Bertz CT molecular complexity index is 305. The molecule has 0 spiro atoms. The van der Waals surface area contributed by atoms with E-state index in [1.165, 1.54) is 6.42 Å². The second-order valence-corrected chi connectivity index (χ2v) is 7.06. The van der Waals surface area contributed by atoms with Gasteiger partial charge in [0.05, 0.1) is 0 Å². The Morgan fingerprint density at radius 3 is 2.31 bits per heavy atom. The maximum Gasteiger partial charge on any atom is -0.0174 e. The smallest absolute Gasteiger partial charge is 0.0174 e. The van der Waals surface area contributed by atoms with Crippen LogP contribution in [0.25, 0.3) is 0 Å². The number of fused-ring (bicyclic) bond motifs is 4. The molecule has 4 fully saturated rings. The van der Waals surface area contributed by atoms with E-state index in [2.05, 4.69) is 12.7 Å². The summed E-state index contributed by atoms with van der Waals surface area (Å²) in [4.78, 5) is 0. The Kier molecular flexibility index (Phi) is 2.05. The van der Waals surface area contributed by atoms with Crippen LogP contribution in [0.15, 0.2) is 12.7 Å². The fourth-order valence-electron chi connectivity index (χ4n) is 6.13. The molecule has 4 bridgehead atoms. The molecule has 0 aromatic carbocycles. The van der Waals surface area contributed by atoms with E-state index in [0.29, 0.717) is 0 Å². The van der Waals surface area contributed by atoms with Crippen molar-refractivity contribution < 1.29 is 0 Å². The third-order valence-electron chi connectivity index (χ3n) is 6.61. The van der Waals surface area contributed by atoms with Crippen LogP contribution in [-0.4, -0.2) is 0 Å². The molecule has 4 rings (SSSR count). The third kappa shape index (κ3) is 1.17. The average Bonchev–Trinajstić information content (AvgIpc) is 3.05. The van der Waals surface area contributed by atoms with Crippen molar-refractivity contribution in [3.63, 3.8) is 0 Å². The number of hydrogen-bond donors (Lipinski definition) is 0. The average molecular weight is 216 g/mol. The Morgan fingerprint density at radius 1 is 0.812 bits per heavy atom. The van der Waals surface area contributed by atoms with Crippen LogP contribution >= 0.6 is 0 Å². The summed E-state index contributed by atoms with van der Waals surface area (Å²) in [5, 5.41) is 0. The van der Waals surface area contributed by atoms with Crippen molar-refractivity contribution >= 4 is 0 Å². The Hall–Kier alpha value is -0.260. The van der Waals surface area contributed by atoms with Crippen molar-refractivity contribution in [1.82, 2.24) is 0 Å². The minimum Gasteiger partial charge on any atom is -0.103 e. The summed E-state index contributed by atoms with van der Waals surface area (Å²) in [6.07, 6.45) is 13.2. The molecule has 16 heavy (non-hydrogen) atoms. The van der Waals surface area contributed by atoms with Crippen LogP contribution in [0.3, 0.4) is 0 Å². The summed E-state index contributed by atoms with van der Waals surface area (Å²) in [5.74, 6) is 7.45. The van der Waals surface area contributed by atoms with Crippen LogP contribution in [-0.2, 0) is 0 Å². The van der Waals surface area contributed by atoms with Crippen LogP contribution < -0.4 is 0 Å². The minimum atomic E-state index is 0.906. The first-order valence-corrected chi connectivity index (χ1v) is 7.49.